The maximum atomic E-state index is 10.2. The van der Waals surface area contributed by atoms with Gasteiger partial charge in [0.2, 0.25) is 0 Å². The lowest BCUT2D eigenvalue weighted by molar-refractivity contribution is 0.00465. The molecular formula is C21H30N4O3. The minimum absolute atomic E-state index is 0.299. The van der Waals surface area contributed by atoms with Gasteiger partial charge in [-0.3, -0.25) is 10.00 Å². The first kappa shape index (κ1) is 19.4. The second-order valence-corrected chi connectivity index (χ2v) is 7.61. The third-order valence-corrected chi connectivity index (χ3v) is 5.43. The number of morpholine rings is 1. The molecule has 2 aromatic rings. The van der Waals surface area contributed by atoms with E-state index in [4.69, 9.17) is 9.47 Å². The number of fused-ring (bicyclic) bond motifs is 1. The van der Waals surface area contributed by atoms with Crippen LogP contribution < -0.4 is 10.1 Å². The first-order valence-electron chi connectivity index (χ1n) is 10.2. The summed E-state index contributed by atoms with van der Waals surface area (Å²) in [5.41, 5.74) is 5.01. The van der Waals surface area contributed by atoms with Crippen LogP contribution in [-0.4, -0.2) is 65.8 Å². The molecule has 3 N–H and O–H groups in total. The van der Waals surface area contributed by atoms with Crippen molar-refractivity contribution in [1.82, 2.24) is 20.4 Å². The predicted octanol–water partition coefficient (Wildman–Crippen LogP) is 1.26. The zero-order chi connectivity index (χ0) is 19.2. The van der Waals surface area contributed by atoms with Gasteiger partial charge in [-0.15, -0.1) is 0 Å². The summed E-state index contributed by atoms with van der Waals surface area (Å²) in [5.74, 6) is 0.793. The van der Waals surface area contributed by atoms with E-state index in [1.807, 2.05) is 18.2 Å². The van der Waals surface area contributed by atoms with Gasteiger partial charge in [0.25, 0.3) is 0 Å². The Balaban J connectivity index is 1.21. The SMILES string of the molecule is OC(COc1cccc(CNCc2n[nH]c3c2CCC3)c1)CN1CCOCC1. The Morgan fingerprint density at radius 1 is 1.25 bits per heavy atom. The Kier molecular flexibility index (Phi) is 6.59. The van der Waals surface area contributed by atoms with Crippen molar-refractivity contribution in [3.8, 4) is 5.75 Å². The highest BCUT2D eigenvalue weighted by atomic mass is 16.5. The fourth-order valence-electron chi connectivity index (χ4n) is 3.93. The van der Waals surface area contributed by atoms with Crippen molar-refractivity contribution < 1.29 is 14.6 Å². The van der Waals surface area contributed by atoms with Crippen LogP contribution in [0.1, 0.15) is 28.9 Å². The van der Waals surface area contributed by atoms with Crippen LogP contribution in [0.25, 0.3) is 0 Å². The first-order valence-corrected chi connectivity index (χ1v) is 10.2. The molecule has 1 aromatic carbocycles. The molecule has 152 valence electrons. The van der Waals surface area contributed by atoms with E-state index in [1.54, 1.807) is 0 Å². The summed E-state index contributed by atoms with van der Waals surface area (Å²) in [6, 6.07) is 8.04. The number of hydrogen-bond donors (Lipinski definition) is 3. The minimum atomic E-state index is -0.498. The second-order valence-electron chi connectivity index (χ2n) is 7.61. The Morgan fingerprint density at radius 2 is 2.14 bits per heavy atom. The molecule has 1 aliphatic carbocycles. The van der Waals surface area contributed by atoms with Crippen molar-refractivity contribution in [2.75, 3.05) is 39.5 Å². The van der Waals surface area contributed by atoms with Crippen LogP contribution in [0.4, 0.5) is 0 Å². The second kappa shape index (κ2) is 9.52. The maximum Gasteiger partial charge on any atom is 0.119 e. The van der Waals surface area contributed by atoms with Gasteiger partial charge in [0.15, 0.2) is 0 Å². The van der Waals surface area contributed by atoms with E-state index in [9.17, 15) is 5.11 Å². The fraction of sp³-hybridized carbons (Fsp3) is 0.571. The molecule has 0 radical (unpaired) electrons. The number of aromatic nitrogens is 2. The normalized spacial score (nSPS) is 18.2. The van der Waals surface area contributed by atoms with Gasteiger partial charge in [-0.2, -0.15) is 5.10 Å². The Labute approximate surface area is 166 Å². The molecule has 0 saturated carbocycles. The summed E-state index contributed by atoms with van der Waals surface area (Å²) in [7, 11) is 0. The predicted molar refractivity (Wildman–Crippen MR) is 106 cm³/mol. The molecular weight excluding hydrogens is 356 g/mol. The van der Waals surface area contributed by atoms with Crippen LogP contribution in [0.2, 0.25) is 0 Å². The molecule has 0 spiro atoms. The molecule has 1 saturated heterocycles. The third kappa shape index (κ3) is 5.11. The smallest absolute Gasteiger partial charge is 0.119 e. The van der Waals surface area contributed by atoms with Crippen LogP contribution in [0, 0.1) is 0 Å². The van der Waals surface area contributed by atoms with E-state index in [0.29, 0.717) is 13.2 Å². The molecule has 1 fully saturated rings. The van der Waals surface area contributed by atoms with Crippen LogP contribution in [-0.2, 0) is 30.7 Å². The minimum Gasteiger partial charge on any atom is -0.491 e. The summed E-state index contributed by atoms with van der Waals surface area (Å²) >= 11 is 0. The van der Waals surface area contributed by atoms with Crippen LogP contribution in [0.3, 0.4) is 0 Å². The number of β-amino-alcohol motifs (C(OH)–C–C–N with tert-alkyl or cyclic N) is 1. The number of nitrogens with one attached hydrogen (secondary N) is 2. The van der Waals surface area contributed by atoms with Gasteiger partial charge in [0, 0.05) is 38.4 Å². The number of aromatic amines is 1. The molecule has 1 unspecified atom stereocenters. The molecule has 4 rings (SSSR count). The highest BCUT2D eigenvalue weighted by molar-refractivity contribution is 5.30. The topological polar surface area (TPSA) is 82.6 Å². The van der Waals surface area contributed by atoms with Gasteiger partial charge >= 0.3 is 0 Å². The Morgan fingerprint density at radius 3 is 3.04 bits per heavy atom. The van der Waals surface area contributed by atoms with Crippen molar-refractivity contribution >= 4 is 0 Å². The van der Waals surface area contributed by atoms with E-state index < -0.39 is 6.10 Å². The van der Waals surface area contributed by atoms with Crippen molar-refractivity contribution in [1.29, 1.82) is 0 Å². The lowest BCUT2D eigenvalue weighted by atomic mass is 10.2. The monoisotopic (exact) mass is 386 g/mol. The Bertz CT molecular complexity index is 758. The number of ether oxygens (including phenoxy) is 2. The largest absolute Gasteiger partial charge is 0.491 e. The zero-order valence-electron chi connectivity index (χ0n) is 16.3. The van der Waals surface area contributed by atoms with Gasteiger partial charge < -0.3 is 19.9 Å². The molecule has 28 heavy (non-hydrogen) atoms. The molecule has 1 atom stereocenters. The number of H-pyrrole nitrogens is 1. The van der Waals surface area contributed by atoms with Gasteiger partial charge in [-0.25, -0.2) is 0 Å². The summed E-state index contributed by atoms with van der Waals surface area (Å²) in [4.78, 5) is 2.21. The molecule has 1 aliphatic heterocycles. The molecule has 0 amide bonds. The summed E-state index contributed by atoms with van der Waals surface area (Å²) in [6.45, 7) is 5.68. The molecule has 7 nitrogen and oxygen atoms in total. The summed E-state index contributed by atoms with van der Waals surface area (Å²) < 4.78 is 11.1. The fourth-order valence-corrected chi connectivity index (χ4v) is 3.93. The van der Waals surface area contributed by atoms with Crippen molar-refractivity contribution in [3.05, 3.63) is 46.8 Å². The van der Waals surface area contributed by atoms with Gasteiger partial charge in [0.1, 0.15) is 18.5 Å². The van der Waals surface area contributed by atoms with Gasteiger partial charge in [-0.05, 0) is 42.5 Å². The van der Waals surface area contributed by atoms with Gasteiger partial charge in [0.05, 0.1) is 18.9 Å². The Hall–Kier alpha value is -1.93. The van der Waals surface area contributed by atoms with Crippen LogP contribution in [0.15, 0.2) is 24.3 Å². The first-order chi connectivity index (χ1) is 13.8. The number of aliphatic hydroxyl groups excluding tert-OH is 1. The van der Waals surface area contributed by atoms with Gasteiger partial charge in [-0.1, -0.05) is 12.1 Å². The quantitative estimate of drug-likeness (QED) is 0.602. The molecule has 2 aliphatic rings. The highest BCUT2D eigenvalue weighted by Gasteiger charge is 2.18. The van der Waals surface area contributed by atoms with E-state index in [1.165, 1.54) is 17.7 Å². The molecule has 0 bridgehead atoms. The number of rotatable bonds is 9. The van der Waals surface area contributed by atoms with E-state index in [0.717, 1.165) is 69.2 Å². The van der Waals surface area contributed by atoms with Crippen LogP contribution >= 0.6 is 0 Å². The van der Waals surface area contributed by atoms with Crippen molar-refractivity contribution in [3.63, 3.8) is 0 Å². The highest BCUT2D eigenvalue weighted by Crippen LogP contribution is 2.22. The third-order valence-electron chi connectivity index (χ3n) is 5.43. The standard InChI is InChI=1S/C21H30N4O3/c26-17(14-25-7-9-27-10-8-25)15-28-18-4-1-3-16(11-18)12-22-13-21-19-5-2-6-20(19)23-24-21/h1,3-4,11,17,22,26H,2,5-10,12-15H2,(H,23,24). The molecule has 1 aromatic heterocycles. The van der Waals surface area contributed by atoms with Crippen molar-refractivity contribution in [2.45, 2.75) is 38.5 Å². The number of benzene rings is 1. The van der Waals surface area contributed by atoms with Crippen LogP contribution in [0.5, 0.6) is 5.75 Å². The summed E-state index contributed by atoms with van der Waals surface area (Å²) in [6.07, 6.45) is 2.99. The van der Waals surface area contributed by atoms with E-state index >= 15 is 0 Å². The average Bonchev–Trinajstić information content (AvgIpc) is 3.32. The van der Waals surface area contributed by atoms with E-state index in [2.05, 4.69) is 26.5 Å². The summed E-state index contributed by atoms with van der Waals surface area (Å²) in [5, 5.41) is 21.3. The molecule has 7 heteroatoms. The molecule has 2 heterocycles. The van der Waals surface area contributed by atoms with E-state index in [-0.39, 0.29) is 0 Å². The lowest BCUT2D eigenvalue weighted by Gasteiger charge is -2.28. The van der Waals surface area contributed by atoms with Crippen molar-refractivity contribution in [2.24, 2.45) is 0 Å². The maximum absolute atomic E-state index is 10.2. The number of hydrogen-bond acceptors (Lipinski definition) is 6. The number of nitrogens with zero attached hydrogens (tertiary/aromatic N) is 2. The number of aliphatic hydroxyl groups is 1. The number of aryl methyl sites for hydroxylation is 1. The zero-order valence-corrected chi connectivity index (χ0v) is 16.3. The average molecular weight is 386 g/mol. The lowest BCUT2D eigenvalue weighted by Crippen LogP contribution is -2.42.